The molecule has 1 aromatic rings. The van der Waals surface area contributed by atoms with Crippen molar-refractivity contribution in [1.82, 2.24) is 10.2 Å². The monoisotopic (exact) mass is 306 g/mol. The highest BCUT2D eigenvalue weighted by atomic mass is 19.4. The molecule has 8 heteroatoms. The molecule has 1 rings (SSSR count). The Bertz CT molecular complexity index is 466. The van der Waals surface area contributed by atoms with Crippen molar-refractivity contribution in [1.29, 1.82) is 0 Å². The van der Waals surface area contributed by atoms with Gasteiger partial charge in [-0.2, -0.15) is 13.2 Å². The third-order valence-corrected chi connectivity index (χ3v) is 2.65. The van der Waals surface area contributed by atoms with Gasteiger partial charge in [0.05, 0.1) is 20.3 Å². The highest BCUT2D eigenvalue weighted by Gasteiger charge is 2.28. The molecule has 118 valence electrons. The maximum absolute atomic E-state index is 12.1. The molecule has 5 nitrogen and oxygen atoms in total. The van der Waals surface area contributed by atoms with E-state index in [0.717, 1.165) is 4.90 Å². The quantitative estimate of drug-likeness (QED) is 0.842. The summed E-state index contributed by atoms with van der Waals surface area (Å²) in [5.74, 6) is 0.518. The van der Waals surface area contributed by atoms with Crippen LogP contribution in [0, 0.1) is 0 Å². The zero-order valence-electron chi connectivity index (χ0n) is 11.5. The lowest BCUT2D eigenvalue weighted by Crippen LogP contribution is -2.44. The van der Waals surface area contributed by atoms with Crippen molar-refractivity contribution in [2.24, 2.45) is 0 Å². The number of methoxy groups -OCH3 is 1. The van der Waals surface area contributed by atoms with Crippen molar-refractivity contribution >= 4 is 6.03 Å². The zero-order chi connectivity index (χ0) is 15.9. The van der Waals surface area contributed by atoms with E-state index < -0.39 is 18.8 Å². The van der Waals surface area contributed by atoms with Gasteiger partial charge in [0, 0.05) is 12.1 Å². The molecule has 0 heterocycles. The molecule has 0 saturated heterocycles. The summed E-state index contributed by atoms with van der Waals surface area (Å²) < 4.78 is 41.4. The average Bonchev–Trinajstić information content (AvgIpc) is 2.44. The van der Waals surface area contributed by atoms with E-state index in [1.54, 1.807) is 29.6 Å². The second-order valence-corrected chi connectivity index (χ2v) is 4.23. The van der Waals surface area contributed by atoms with Crippen LogP contribution in [0.25, 0.3) is 0 Å². The van der Waals surface area contributed by atoms with Crippen LogP contribution in [0.1, 0.15) is 5.56 Å². The molecule has 2 amide bonds. The van der Waals surface area contributed by atoms with Crippen LogP contribution in [0.4, 0.5) is 18.0 Å². The van der Waals surface area contributed by atoms with E-state index in [1.165, 1.54) is 7.11 Å². The van der Waals surface area contributed by atoms with Crippen LogP contribution in [-0.2, 0) is 6.54 Å². The fourth-order valence-corrected chi connectivity index (χ4v) is 1.70. The summed E-state index contributed by atoms with van der Waals surface area (Å²) in [6, 6.07) is 5.94. The molecule has 0 aliphatic rings. The van der Waals surface area contributed by atoms with Gasteiger partial charge < -0.3 is 20.1 Å². The second kappa shape index (κ2) is 7.72. The molecule has 0 aliphatic carbocycles. The average molecular weight is 306 g/mol. The van der Waals surface area contributed by atoms with Crippen molar-refractivity contribution in [3.63, 3.8) is 0 Å². The molecule has 0 aromatic heterocycles. The number of halogens is 3. The predicted molar refractivity (Wildman–Crippen MR) is 69.9 cm³/mol. The predicted octanol–water partition coefficient (Wildman–Crippen LogP) is 1.76. The molecule has 1 aromatic carbocycles. The first kappa shape index (κ1) is 17.1. The first-order valence-corrected chi connectivity index (χ1v) is 6.19. The van der Waals surface area contributed by atoms with Crippen LogP contribution in [0.5, 0.6) is 5.75 Å². The minimum Gasteiger partial charge on any atom is -0.496 e. The van der Waals surface area contributed by atoms with Crippen molar-refractivity contribution in [2.75, 3.05) is 26.8 Å². The van der Waals surface area contributed by atoms with E-state index in [0.29, 0.717) is 11.3 Å². The van der Waals surface area contributed by atoms with E-state index in [-0.39, 0.29) is 19.7 Å². The summed E-state index contributed by atoms with van der Waals surface area (Å²) >= 11 is 0. The van der Waals surface area contributed by atoms with Gasteiger partial charge in [0.1, 0.15) is 12.3 Å². The number of aliphatic hydroxyl groups excluding tert-OH is 1. The lowest BCUT2D eigenvalue weighted by Gasteiger charge is -2.23. The molecule has 0 unspecified atom stereocenters. The van der Waals surface area contributed by atoms with E-state index >= 15 is 0 Å². The Kier molecular flexibility index (Phi) is 6.29. The molecule has 0 fully saturated rings. The van der Waals surface area contributed by atoms with Crippen LogP contribution < -0.4 is 10.1 Å². The lowest BCUT2D eigenvalue weighted by atomic mass is 10.2. The number of carbonyl (C=O) groups is 1. The number of urea groups is 1. The Morgan fingerprint density at radius 3 is 2.62 bits per heavy atom. The van der Waals surface area contributed by atoms with Gasteiger partial charge in [-0.05, 0) is 6.07 Å². The fraction of sp³-hybridized carbons (Fsp3) is 0.462. The molecule has 0 bridgehead atoms. The summed E-state index contributed by atoms with van der Waals surface area (Å²) in [7, 11) is 1.46. The van der Waals surface area contributed by atoms with Gasteiger partial charge >= 0.3 is 12.2 Å². The number of carbonyl (C=O) groups excluding carboxylic acids is 1. The number of rotatable bonds is 6. The van der Waals surface area contributed by atoms with Gasteiger partial charge in [-0.3, -0.25) is 0 Å². The summed E-state index contributed by atoms with van der Waals surface area (Å²) in [5.41, 5.74) is 0.635. The third kappa shape index (κ3) is 5.90. The highest BCUT2D eigenvalue weighted by Crippen LogP contribution is 2.19. The molecule has 0 spiro atoms. The van der Waals surface area contributed by atoms with Gasteiger partial charge in [-0.25, -0.2) is 4.79 Å². The fourth-order valence-electron chi connectivity index (χ4n) is 1.70. The second-order valence-electron chi connectivity index (χ2n) is 4.23. The molecular formula is C13H17F3N2O3. The van der Waals surface area contributed by atoms with Gasteiger partial charge in [0.15, 0.2) is 0 Å². The summed E-state index contributed by atoms with van der Waals surface area (Å²) in [5, 5.41) is 10.7. The standard InChI is InChI=1S/C13H17F3N2O3/c1-21-11-5-3-2-4-10(11)8-18(6-7-19)12(20)17-9-13(14,15)16/h2-5,19H,6-9H2,1H3,(H,17,20). The van der Waals surface area contributed by atoms with Gasteiger partial charge in [-0.1, -0.05) is 18.2 Å². The Morgan fingerprint density at radius 2 is 2.05 bits per heavy atom. The number of nitrogens with zero attached hydrogens (tertiary/aromatic N) is 1. The molecule has 0 saturated carbocycles. The van der Waals surface area contributed by atoms with E-state index in [2.05, 4.69) is 0 Å². The van der Waals surface area contributed by atoms with Crippen LogP contribution in [0.2, 0.25) is 0 Å². The Labute approximate surface area is 120 Å². The van der Waals surface area contributed by atoms with Crippen molar-refractivity contribution in [3.8, 4) is 5.75 Å². The Morgan fingerprint density at radius 1 is 1.38 bits per heavy atom. The topological polar surface area (TPSA) is 61.8 Å². The molecular weight excluding hydrogens is 289 g/mol. The SMILES string of the molecule is COc1ccccc1CN(CCO)C(=O)NCC(F)(F)F. The Balaban J connectivity index is 2.75. The number of benzene rings is 1. The van der Waals surface area contributed by atoms with Crippen molar-refractivity contribution in [2.45, 2.75) is 12.7 Å². The number of hydrogen-bond donors (Lipinski definition) is 2. The first-order chi connectivity index (χ1) is 9.87. The van der Waals surface area contributed by atoms with Gasteiger partial charge in [-0.15, -0.1) is 0 Å². The highest BCUT2D eigenvalue weighted by molar-refractivity contribution is 5.74. The number of hydrogen-bond acceptors (Lipinski definition) is 3. The van der Waals surface area contributed by atoms with E-state index in [9.17, 15) is 18.0 Å². The minimum atomic E-state index is -4.48. The zero-order valence-corrected chi connectivity index (χ0v) is 11.5. The molecule has 21 heavy (non-hydrogen) atoms. The van der Waals surface area contributed by atoms with Crippen LogP contribution >= 0.6 is 0 Å². The number of amides is 2. The number of ether oxygens (including phenoxy) is 1. The van der Waals surface area contributed by atoms with Crippen molar-refractivity contribution in [3.05, 3.63) is 29.8 Å². The maximum atomic E-state index is 12.1. The molecule has 0 radical (unpaired) electrons. The number of aliphatic hydroxyl groups is 1. The summed E-state index contributed by atoms with van der Waals surface area (Å²) in [6.07, 6.45) is -4.48. The maximum Gasteiger partial charge on any atom is 0.405 e. The van der Waals surface area contributed by atoms with E-state index in [4.69, 9.17) is 9.84 Å². The van der Waals surface area contributed by atoms with Crippen molar-refractivity contribution < 1.29 is 27.8 Å². The van der Waals surface area contributed by atoms with Crippen LogP contribution in [0.3, 0.4) is 0 Å². The largest absolute Gasteiger partial charge is 0.496 e. The van der Waals surface area contributed by atoms with Crippen LogP contribution in [-0.4, -0.2) is 49.0 Å². The van der Waals surface area contributed by atoms with Crippen LogP contribution in [0.15, 0.2) is 24.3 Å². The molecule has 2 N–H and O–H groups in total. The Hall–Kier alpha value is -1.96. The number of alkyl halides is 3. The number of para-hydroxylation sites is 1. The first-order valence-electron chi connectivity index (χ1n) is 6.19. The minimum absolute atomic E-state index is 0.0360. The molecule has 0 atom stereocenters. The summed E-state index contributed by atoms with van der Waals surface area (Å²) in [6.45, 7) is -1.82. The molecule has 0 aliphatic heterocycles. The van der Waals surface area contributed by atoms with Gasteiger partial charge in [0.2, 0.25) is 0 Å². The van der Waals surface area contributed by atoms with Gasteiger partial charge in [0.25, 0.3) is 0 Å². The smallest absolute Gasteiger partial charge is 0.405 e. The number of nitrogens with one attached hydrogen (secondary N) is 1. The summed E-state index contributed by atoms with van der Waals surface area (Å²) in [4.78, 5) is 12.8. The lowest BCUT2D eigenvalue weighted by molar-refractivity contribution is -0.123. The third-order valence-electron chi connectivity index (χ3n) is 2.65. The van der Waals surface area contributed by atoms with E-state index in [1.807, 2.05) is 0 Å². The normalized spacial score (nSPS) is 11.1.